The van der Waals surface area contributed by atoms with Crippen LogP contribution in [-0.4, -0.2) is 36.3 Å². The Hall–Kier alpha value is -2.43. The first-order valence-electron chi connectivity index (χ1n) is 8.62. The molecule has 0 radical (unpaired) electrons. The normalized spacial score (nSPS) is 19.6. The summed E-state index contributed by atoms with van der Waals surface area (Å²) in [7, 11) is 0. The third-order valence-corrected chi connectivity index (χ3v) is 5.54. The van der Waals surface area contributed by atoms with E-state index in [-0.39, 0.29) is 18.1 Å². The molecule has 2 atom stereocenters. The maximum absolute atomic E-state index is 12.7. The van der Waals surface area contributed by atoms with Crippen LogP contribution in [-0.2, 0) is 11.2 Å². The quantitative estimate of drug-likeness (QED) is 0.874. The summed E-state index contributed by atoms with van der Waals surface area (Å²) in [6.07, 6.45) is 1.23. The number of ether oxygens (including phenoxy) is 2. The molecule has 2 heterocycles. The van der Waals surface area contributed by atoms with Gasteiger partial charge in [0, 0.05) is 6.61 Å². The summed E-state index contributed by atoms with van der Waals surface area (Å²) in [6, 6.07) is 8.87. The van der Waals surface area contributed by atoms with E-state index in [1.54, 1.807) is 24.3 Å². The van der Waals surface area contributed by atoms with E-state index in [0.29, 0.717) is 35.8 Å². The number of carbonyl (C=O) groups excluding carboxylic acids is 1. The molecule has 6 nitrogen and oxygen atoms in total. The van der Waals surface area contributed by atoms with Crippen LogP contribution in [0.3, 0.4) is 0 Å². The zero-order valence-corrected chi connectivity index (χ0v) is 15.6. The monoisotopic (exact) mass is 371 g/mol. The standard InChI is InChI=1S/C19H21N3O3S/c1-3-17-21-12(2)18(26-17)19(23)22-15-8-9-24-11-16(15)25-14-6-4-13(10-20)5-7-14/h4-7,15-16H,3,8-9,11H2,1-2H3,(H,22,23)/t15-,16-/m1/s1. The van der Waals surface area contributed by atoms with E-state index < -0.39 is 0 Å². The Morgan fingerprint density at radius 3 is 2.88 bits per heavy atom. The predicted octanol–water partition coefficient (Wildman–Crippen LogP) is 2.85. The van der Waals surface area contributed by atoms with Gasteiger partial charge in [0.05, 0.1) is 35.0 Å². The number of hydrogen-bond acceptors (Lipinski definition) is 6. The minimum absolute atomic E-state index is 0.111. The maximum atomic E-state index is 12.7. The molecule has 136 valence electrons. The van der Waals surface area contributed by atoms with Gasteiger partial charge in [-0.05, 0) is 44.0 Å². The van der Waals surface area contributed by atoms with Crippen LogP contribution in [0.4, 0.5) is 0 Å². The van der Waals surface area contributed by atoms with Crippen LogP contribution in [0.5, 0.6) is 5.75 Å². The molecule has 0 aliphatic carbocycles. The van der Waals surface area contributed by atoms with Crippen LogP contribution in [0.2, 0.25) is 0 Å². The number of aryl methyl sites for hydroxylation is 2. The fraction of sp³-hybridized carbons (Fsp3) is 0.421. The SMILES string of the molecule is CCc1nc(C)c(C(=O)N[C@@H]2CCOC[C@H]2Oc2ccc(C#N)cc2)s1. The lowest BCUT2D eigenvalue weighted by molar-refractivity contribution is -0.0134. The van der Waals surface area contributed by atoms with Gasteiger partial charge in [-0.25, -0.2) is 4.98 Å². The first kappa shape index (κ1) is 18.4. The van der Waals surface area contributed by atoms with Gasteiger partial charge in [0.1, 0.15) is 16.7 Å². The van der Waals surface area contributed by atoms with Crippen molar-refractivity contribution in [3.8, 4) is 11.8 Å². The molecule has 1 aromatic heterocycles. The van der Waals surface area contributed by atoms with Crippen molar-refractivity contribution >= 4 is 17.2 Å². The minimum Gasteiger partial charge on any atom is -0.486 e. The molecule has 0 spiro atoms. The average molecular weight is 371 g/mol. The van der Waals surface area contributed by atoms with Crippen LogP contribution in [0, 0.1) is 18.3 Å². The highest BCUT2D eigenvalue weighted by Gasteiger charge is 2.30. The Bertz CT molecular complexity index is 810. The van der Waals surface area contributed by atoms with Gasteiger partial charge in [-0.1, -0.05) is 6.92 Å². The smallest absolute Gasteiger partial charge is 0.263 e. The molecule has 1 N–H and O–H groups in total. The van der Waals surface area contributed by atoms with Crippen LogP contribution in [0.25, 0.3) is 0 Å². The fourth-order valence-electron chi connectivity index (χ4n) is 2.82. The summed E-state index contributed by atoms with van der Waals surface area (Å²) in [4.78, 5) is 17.8. The second-order valence-electron chi connectivity index (χ2n) is 6.11. The van der Waals surface area contributed by atoms with Crippen molar-refractivity contribution in [2.45, 2.75) is 38.8 Å². The number of rotatable bonds is 5. The molecule has 1 amide bonds. The van der Waals surface area contributed by atoms with Crippen molar-refractivity contribution in [1.82, 2.24) is 10.3 Å². The zero-order chi connectivity index (χ0) is 18.5. The number of nitrogens with zero attached hydrogens (tertiary/aromatic N) is 2. The lowest BCUT2D eigenvalue weighted by Gasteiger charge is -2.32. The molecule has 2 aromatic rings. The lowest BCUT2D eigenvalue weighted by Crippen LogP contribution is -2.51. The van der Waals surface area contributed by atoms with Gasteiger partial charge in [-0.2, -0.15) is 5.26 Å². The van der Waals surface area contributed by atoms with Crippen molar-refractivity contribution in [3.05, 3.63) is 45.4 Å². The largest absolute Gasteiger partial charge is 0.486 e. The molecular weight excluding hydrogens is 350 g/mol. The van der Waals surface area contributed by atoms with E-state index in [1.165, 1.54) is 11.3 Å². The van der Waals surface area contributed by atoms with Gasteiger partial charge < -0.3 is 14.8 Å². The van der Waals surface area contributed by atoms with Crippen LogP contribution >= 0.6 is 11.3 Å². The molecule has 1 aliphatic heterocycles. The maximum Gasteiger partial charge on any atom is 0.263 e. The van der Waals surface area contributed by atoms with Crippen molar-refractivity contribution in [2.24, 2.45) is 0 Å². The fourth-order valence-corrected chi connectivity index (χ4v) is 3.73. The Labute approximate surface area is 156 Å². The second kappa shape index (κ2) is 8.30. The lowest BCUT2D eigenvalue weighted by atomic mass is 10.1. The number of benzene rings is 1. The van der Waals surface area contributed by atoms with Gasteiger partial charge in [0.15, 0.2) is 0 Å². The van der Waals surface area contributed by atoms with Gasteiger partial charge >= 0.3 is 0 Å². The van der Waals surface area contributed by atoms with E-state index in [0.717, 1.165) is 17.1 Å². The van der Waals surface area contributed by atoms with Gasteiger partial charge in [-0.15, -0.1) is 11.3 Å². The number of amides is 1. The number of carbonyl (C=O) groups is 1. The molecule has 0 unspecified atom stereocenters. The van der Waals surface area contributed by atoms with E-state index in [4.69, 9.17) is 14.7 Å². The van der Waals surface area contributed by atoms with Crippen LogP contribution in [0.15, 0.2) is 24.3 Å². The zero-order valence-electron chi connectivity index (χ0n) is 14.8. The highest BCUT2D eigenvalue weighted by molar-refractivity contribution is 7.13. The highest BCUT2D eigenvalue weighted by atomic mass is 32.1. The Kier molecular flexibility index (Phi) is 5.86. The van der Waals surface area contributed by atoms with Gasteiger partial charge in [0.25, 0.3) is 5.91 Å². The van der Waals surface area contributed by atoms with Gasteiger partial charge in [-0.3, -0.25) is 4.79 Å². The van der Waals surface area contributed by atoms with Crippen LogP contribution < -0.4 is 10.1 Å². The third kappa shape index (κ3) is 4.21. The number of aromatic nitrogens is 1. The molecule has 1 aliphatic rings. The molecular formula is C19H21N3O3S. The topological polar surface area (TPSA) is 84.2 Å². The van der Waals surface area contributed by atoms with E-state index in [9.17, 15) is 4.79 Å². The number of thiazole rings is 1. The Morgan fingerprint density at radius 2 is 2.23 bits per heavy atom. The van der Waals surface area contributed by atoms with Crippen molar-refractivity contribution in [1.29, 1.82) is 5.26 Å². The number of nitrogens with one attached hydrogen (secondary N) is 1. The molecule has 3 rings (SSSR count). The van der Waals surface area contributed by atoms with E-state index >= 15 is 0 Å². The number of nitriles is 1. The summed E-state index contributed by atoms with van der Waals surface area (Å²) in [5.41, 5.74) is 1.34. The molecule has 1 saturated heterocycles. The van der Waals surface area contributed by atoms with Crippen molar-refractivity contribution in [3.63, 3.8) is 0 Å². The second-order valence-corrected chi connectivity index (χ2v) is 7.20. The molecule has 1 fully saturated rings. The van der Waals surface area contributed by atoms with E-state index in [2.05, 4.69) is 16.4 Å². The van der Waals surface area contributed by atoms with Crippen LogP contribution in [0.1, 0.15) is 39.3 Å². The summed E-state index contributed by atoms with van der Waals surface area (Å²) >= 11 is 1.44. The molecule has 1 aromatic carbocycles. The predicted molar refractivity (Wildman–Crippen MR) is 98.5 cm³/mol. The average Bonchev–Trinajstić information content (AvgIpc) is 3.05. The van der Waals surface area contributed by atoms with E-state index in [1.807, 2.05) is 13.8 Å². The molecule has 7 heteroatoms. The first-order chi connectivity index (χ1) is 12.6. The van der Waals surface area contributed by atoms with Crippen molar-refractivity contribution in [2.75, 3.05) is 13.2 Å². The van der Waals surface area contributed by atoms with Gasteiger partial charge in [0.2, 0.25) is 0 Å². The Balaban J connectivity index is 1.69. The third-order valence-electron chi connectivity index (χ3n) is 4.24. The molecule has 26 heavy (non-hydrogen) atoms. The minimum atomic E-state index is -0.278. The summed E-state index contributed by atoms with van der Waals surface area (Å²) in [5.74, 6) is 0.543. The molecule has 0 bridgehead atoms. The van der Waals surface area contributed by atoms with Crippen molar-refractivity contribution < 1.29 is 14.3 Å². The first-order valence-corrected chi connectivity index (χ1v) is 9.44. The number of hydrogen-bond donors (Lipinski definition) is 1. The summed E-state index contributed by atoms with van der Waals surface area (Å²) in [6.45, 7) is 4.88. The summed E-state index contributed by atoms with van der Waals surface area (Å²) in [5, 5.41) is 12.9. The Morgan fingerprint density at radius 1 is 1.46 bits per heavy atom. The highest BCUT2D eigenvalue weighted by Crippen LogP contribution is 2.21. The molecule has 0 saturated carbocycles. The summed E-state index contributed by atoms with van der Waals surface area (Å²) < 4.78 is 11.5.